The van der Waals surface area contributed by atoms with Crippen molar-refractivity contribution in [1.29, 1.82) is 0 Å². The van der Waals surface area contributed by atoms with Crippen molar-refractivity contribution in [3.05, 3.63) is 65.9 Å². The Morgan fingerprint density at radius 1 is 1.07 bits per heavy atom. The number of para-hydroxylation sites is 1. The van der Waals surface area contributed by atoms with E-state index in [2.05, 4.69) is 23.9 Å². The second-order valence-corrected chi connectivity index (χ2v) is 6.50. The van der Waals surface area contributed by atoms with Crippen LogP contribution in [0.3, 0.4) is 0 Å². The summed E-state index contributed by atoms with van der Waals surface area (Å²) in [6.07, 6.45) is 0.529. The Hall–Kier alpha value is -2.66. The monoisotopic (exact) mass is 366 g/mol. The van der Waals surface area contributed by atoms with Gasteiger partial charge < -0.3 is 14.2 Å². The van der Waals surface area contributed by atoms with E-state index in [4.69, 9.17) is 9.26 Å². The molecule has 0 aliphatic carbocycles. The zero-order valence-electron chi connectivity index (χ0n) is 15.9. The van der Waals surface area contributed by atoms with Gasteiger partial charge in [0.15, 0.2) is 5.58 Å². The first-order valence-corrected chi connectivity index (χ1v) is 9.50. The number of rotatable bonds is 9. The molecule has 3 aromatic rings. The maximum atomic E-state index is 12.9. The van der Waals surface area contributed by atoms with E-state index in [0.29, 0.717) is 24.3 Å². The van der Waals surface area contributed by atoms with E-state index in [1.807, 2.05) is 54.6 Å². The third kappa shape index (κ3) is 4.74. The summed E-state index contributed by atoms with van der Waals surface area (Å²) in [5.74, 6) is -0.752. The van der Waals surface area contributed by atoms with E-state index < -0.39 is 5.92 Å². The average Bonchev–Trinajstić information content (AvgIpc) is 3.14. The number of ether oxygens (including phenoxy) is 1. The second-order valence-electron chi connectivity index (χ2n) is 6.50. The summed E-state index contributed by atoms with van der Waals surface area (Å²) in [5.41, 5.74) is 2.39. The number of hydrogen-bond donors (Lipinski definition) is 0. The van der Waals surface area contributed by atoms with Gasteiger partial charge in [0.1, 0.15) is 18.2 Å². The van der Waals surface area contributed by atoms with Crippen LogP contribution in [0.5, 0.6) is 0 Å². The number of hydrogen-bond acceptors (Lipinski definition) is 5. The van der Waals surface area contributed by atoms with Crippen LogP contribution in [0.15, 0.2) is 59.1 Å². The molecule has 0 spiro atoms. The van der Waals surface area contributed by atoms with Gasteiger partial charge >= 0.3 is 5.97 Å². The van der Waals surface area contributed by atoms with Gasteiger partial charge in [-0.05, 0) is 37.2 Å². The van der Waals surface area contributed by atoms with Crippen LogP contribution in [0.2, 0.25) is 0 Å². The summed E-state index contributed by atoms with van der Waals surface area (Å²) in [6.45, 7) is 7.19. The molecule has 1 aromatic heterocycles. The van der Waals surface area contributed by atoms with Gasteiger partial charge in [-0.1, -0.05) is 61.5 Å². The SMILES string of the molecule is CCN(CC)CCOC(=O)C(Cc1ccccc1)c1noc2ccccc12. The Balaban J connectivity index is 1.80. The molecule has 1 atom stereocenters. The van der Waals surface area contributed by atoms with E-state index >= 15 is 0 Å². The number of esters is 1. The largest absolute Gasteiger partial charge is 0.464 e. The van der Waals surface area contributed by atoms with Crippen molar-refractivity contribution in [1.82, 2.24) is 10.1 Å². The zero-order valence-corrected chi connectivity index (χ0v) is 15.9. The first-order valence-electron chi connectivity index (χ1n) is 9.50. The highest BCUT2D eigenvalue weighted by molar-refractivity contribution is 5.87. The lowest BCUT2D eigenvalue weighted by atomic mass is 9.94. The third-order valence-corrected chi connectivity index (χ3v) is 4.85. The van der Waals surface area contributed by atoms with Gasteiger partial charge in [0.05, 0.1) is 0 Å². The molecular formula is C22H26N2O3. The van der Waals surface area contributed by atoms with Crippen LogP contribution in [0.4, 0.5) is 0 Å². The van der Waals surface area contributed by atoms with Crippen molar-refractivity contribution in [2.24, 2.45) is 0 Å². The summed E-state index contributed by atoms with van der Waals surface area (Å²) >= 11 is 0. The Bertz CT molecular complexity index is 856. The number of aromatic nitrogens is 1. The smallest absolute Gasteiger partial charge is 0.315 e. The predicted molar refractivity (Wildman–Crippen MR) is 106 cm³/mol. The standard InChI is InChI=1S/C22H26N2O3/c1-3-24(4-2)14-15-26-22(25)19(16-17-10-6-5-7-11-17)21-18-12-8-9-13-20(18)27-23-21/h5-13,19H,3-4,14-16H2,1-2H3. The molecule has 0 aliphatic rings. The number of likely N-dealkylation sites (N-methyl/N-ethyl adjacent to an activating group) is 1. The first-order chi connectivity index (χ1) is 13.2. The molecule has 0 radical (unpaired) electrons. The molecule has 2 aromatic carbocycles. The van der Waals surface area contributed by atoms with E-state index in [-0.39, 0.29) is 5.97 Å². The molecule has 0 amide bonds. The zero-order chi connectivity index (χ0) is 19.1. The maximum absolute atomic E-state index is 12.9. The Labute approximate surface area is 159 Å². The number of carbonyl (C=O) groups excluding carboxylic acids is 1. The van der Waals surface area contributed by atoms with Crippen molar-refractivity contribution < 1.29 is 14.1 Å². The fourth-order valence-corrected chi connectivity index (χ4v) is 3.21. The molecular weight excluding hydrogens is 340 g/mol. The van der Waals surface area contributed by atoms with E-state index in [1.54, 1.807) is 0 Å². The third-order valence-electron chi connectivity index (χ3n) is 4.85. The first kappa shape index (κ1) is 19.1. The molecule has 5 nitrogen and oxygen atoms in total. The average molecular weight is 366 g/mol. The summed E-state index contributed by atoms with van der Waals surface area (Å²) in [5, 5.41) is 5.06. The van der Waals surface area contributed by atoms with Gasteiger partial charge in [0.25, 0.3) is 0 Å². The highest BCUT2D eigenvalue weighted by Gasteiger charge is 2.28. The van der Waals surface area contributed by atoms with Crippen molar-refractivity contribution in [3.8, 4) is 0 Å². The molecule has 0 aliphatic heterocycles. The van der Waals surface area contributed by atoms with Crippen molar-refractivity contribution in [2.45, 2.75) is 26.2 Å². The van der Waals surface area contributed by atoms with Crippen LogP contribution in [-0.4, -0.2) is 42.3 Å². The lowest BCUT2D eigenvalue weighted by molar-refractivity contribution is -0.146. The van der Waals surface area contributed by atoms with E-state index in [1.165, 1.54) is 0 Å². The maximum Gasteiger partial charge on any atom is 0.315 e. The highest BCUT2D eigenvalue weighted by Crippen LogP contribution is 2.28. The Morgan fingerprint density at radius 3 is 2.52 bits per heavy atom. The summed E-state index contributed by atoms with van der Waals surface area (Å²) in [6, 6.07) is 17.5. The molecule has 0 saturated carbocycles. The van der Waals surface area contributed by atoms with Gasteiger partial charge in [-0.15, -0.1) is 0 Å². The molecule has 1 heterocycles. The quantitative estimate of drug-likeness (QED) is 0.535. The molecule has 0 fully saturated rings. The van der Waals surface area contributed by atoms with Crippen molar-refractivity contribution in [3.63, 3.8) is 0 Å². The summed E-state index contributed by atoms with van der Waals surface area (Å²) in [7, 11) is 0. The van der Waals surface area contributed by atoms with Crippen molar-refractivity contribution in [2.75, 3.05) is 26.2 Å². The van der Waals surface area contributed by atoms with Gasteiger partial charge in [0, 0.05) is 11.9 Å². The van der Waals surface area contributed by atoms with Gasteiger partial charge in [-0.25, -0.2) is 0 Å². The normalized spacial score (nSPS) is 12.4. The summed E-state index contributed by atoms with van der Waals surface area (Å²) in [4.78, 5) is 15.2. The number of nitrogens with zero attached hydrogens (tertiary/aromatic N) is 2. The molecule has 0 N–H and O–H groups in total. The van der Waals surface area contributed by atoms with Crippen LogP contribution >= 0.6 is 0 Å². The molecule has 1 unspecified atom stereocenters. The fraction of sp³-hybridized carbons (Fsp3) is 0.364. The topological polar surface area (TPSA) is 55.6 Å². The number of fused-ring (bicyclic) bond motifs is 1. The molecule has 27 heavy (non-hydrogen) atoms. The summed E-state index contributed by atoms with van der Waals surface area (Å²) < 4.78 is 11.1. The minimum absolute atomic E-state index is 0.259. The highest BCUT2D eigenvalue weighted by atomic mass is 16.5. The van der Waals surface area contributed by atoms with Gasteiger partial charge in [-0.3, -0.25) is 4.79 Å². The Kier molecular flexibility index (Phi) is 6.60. The van der Waals surface area contributed by atoms with Gasteiger partial charge in [-0.2, -0.15) is 0 Å². The van der Waals surface area contributed by atoms with Gasteiger partial charge in [0.2, 0.25) is 0 Å². The second kappa shape index (κ2) is 9.33. The fourth-order valence-electron chi connectivity index (χ4n) is 3.21. The van der Waals surface area contributed by atoms with Crippen LogP contribution < -0.4 is 0 Å². The van der Waals surface area contributed by atoms with Crippen molar-refractivity contribution >= 4 is 16.9 Å². The molecule has 3 rings (SSSR count). The minimum atomic E-state index is -0.493. The van der Waals surface area contributed by atoms with Crippen LogP contribution in [-0.2, 0) is 16.0 Å². The number of benzene rings is 2. The number of carbonyl (C=O) groups is 1. The molecule has 0 saturated heterocycles. The van der Waals surface area contributed by atoms with E-state index in [0.717, 1.165) is 30.6 Å². The molecule has 142 valence electrons. The van der Waals surface area contributed by atoms with E-state index in [9.17, 15) is 4.79 Å². The lowest BCUT2D eigenvalue weighted by Crippen LogP contribution is -2.29. The van der Waals surface area contributed by atoms with Crippen LogP contribution in [0.25, 0.3) is 11.0 Å². The Morgan fingerprint density at radius 2 is 1.78 bits per heavy atom. The predicted octanol–water partition coefficient (Wildman–Crippen LogP) is 4.04. The van der Waals surface area contributed by atoms with Crippen LogP contribution in [0.1, 0.15) is 31.0 Å². The minimum Gasteiger partial charge on any atom is -0.464 e. The molecule has 0 bridgehead atoms. The van der Waals surface area contributed by atoms with Crippen LogP contribution in [0, 0.1) is 0 Å². The molecule has 5 heteroatoms. The lowest BCUT2D eigenvalue weighted by Gasteiger charge is -2.19.